The topological polar surface area (TPSA) is 127 Å². The van der Waals surface area contributed by atoms with Crippen LogP contribution in [0.5, 0.6) is 5.75 Å². The van der Waals surface area contributed by atoms with E-state index >= 15 is 0 Å². The second-order valence-corrected chi connectivity index (χ2v) is 9.35. The predicted molar refractivity (Wildman–Crippen MR) is 118 cm³/mol. The minimum absolute atomic E-state index is 0.0883. The van der Waals surface area contributed by atoms with E-state index in [1.54, 1.807) is 36.7 Å². The molecule has 1 aliphatic rings. The molecule has 1 aromatic heterocycles. The summed E-state index contributed by atoms with van der Waals surface area (Å²) in [6.45, 7) is 0.128. The molecule has 0 unspecified atom stereocenters. The Morgan fingerprint density at radius 1 is 1.25 bits per heavy atom. The lowest BCUT2D eigenvalue weighted by Crippen LogP contribution is -2.51. The van der Waals surface area contributed by atoms with Crippen molar-refractivity contribution in [1.29, 1.82) is 0 Å². The third kappa shape index (κ3) is 6.73. The van der Waals surface area contributed by atoms with Crippen molar-refractivity contribution in [2.45, 2.75) is 48.8 Å². The number of nitrogens with one attached hydrogen (secondary N) is 2. The number of rotatable bonds is 10. The standard InChI is InChI=1S/C22H29N3O6S/c1-30-18-3-2-4-19(14-18)32(28,29)25-20-6-5-17(31-21(20)15-26)9-12-24-22(27)13-16-7-10-23-11-8-16/h2-4,7-8,10-11,14,17,20-21,25-26H,5-6,9,12-13,15H2,1H3,(H,24,27)/t17-,20-,21+/m0/s1. The first-order chi connectivity index (χ1) is 15.4. The number of nitrogens with zero attached hydrogens (tertiary/aromatic N) is 1. The number of ether oxygens (including phenoxy) is 2. The van der Waals surface area contributed by atoms with Crippen molar-refractivity contribution in [3.05, 3.63) is 54.4 Å². The van der Waals surface area contributed by atoms with E-state index in [1.807, 2.05) is 0 Å². The highest BCUT2D eigenvalue weighted by Crippen LogP contribution is 2.24. The van der Waals surface area contributed by atoms with Crippen LogP contribution in [0.4, 0.5) is 0 Å². The number of hydrogen-bond donors (Lipinski definition) is 3. The number of methoxy groups -OCH3 is 1. The summed E-state index contributed by atoms with van der Waals surface area (Å²) >= 11 is 0. The van der Waals surface area contributed by atoms with Crippen LogP contribution in [0, 0.1) is 0 Å². The molecule has 0 bridgehead atoms. The molecule has 0 saturated carbocycles. The summed E-state index contributed by atoms with van der Waals surface area (Å²) < 4.78 is 39.2. The molecule has 0 radical (unpaired) electrons. The quantitative estimate of drug-likeness (QED) is 0.480. The minimum Gasteiger partial charge on any atom is -0.497 e. The van der Waals surface area contributed by atoms with E-state index in [1.165, 1.54) is 19.2 Å². The maximum Gasteiger partial charge on any atom is 0.241 e. The molecule has 9 nitrogen and oxygen atoms in total. The molecule has 3 N–H and O–H groups in total. The average molecular weight is 464 g/mol. The second-order valence-electron chi connectivity index (χ2n) is 7.63. The van der Waals surface area contributed by atoms with E-state index in [-0.39, 0.29) is 29.9 Å². The number of carbonyl (C=O) groups is 1. The Morgan fingerprint density at radius 2 is 2.03 bits per heavy atom. The molecule has 3 rings (SSSR count). The Kier molecular flexibility index (Phi) is 8.57. The van der Waals surface area contributed by atoms with Gasteiger partial charge in [-0.3, -0.25) is 9.78 Å². The van der Waals surface area contributed by atoms with Gasteiger partial charge in [-0.2, -0.15) is 0 Å². The van der Waals surface area contributed by atoms with E-state index < -0.39 is 22.2 Å². The summed E-state index contributed by atoms with van der Waals surface area (Å²) in [5, 5.41) is 12.6. The van der Waals surface area contributed by atoms with Crippen molar-refractivity contribution in [2.75, 3.05) is 20.3 Å². The molecule has 1 aliphatic heterocycles. The Balaban J connectivity index is 1.48. The van der Waals surface area contributed by atoms with Gasteiger partial charge in [-0.1, -0.05) is 6.07 Å². The maximum atomic E-state index is 12.8. The lowest BCUT2D eigenvalue weighted by molar-refractivity contribution is -0.121. The molecule has 0 aliphatic carbocycles. The molecule has 1 aromatic carbocycles. The molecule has 1 saturated heterocycles. The molecule has 2 aromatic rings. The zero-order valence-electron chi connectivity index (χ0n) is 17.9. The monoisotopic (exact) mass is 463 g/mol. The Bertz CT molecular complexity index is 986. The highest BCUT2D eigenvalue weighted by atomic mass is 32.2. The fourth-order valence-corrected chi connectivity index (χ4v) is 4.97. The van der Waals surface area contributed by atoms with Gasteiger partial charge in [0.15, 0.2) is 0 Å². The van der Waals surface area contributed by atoms with Gasteiger partial charge in [-0.25, -0.2) is 13.1 Å². The summed E-state index contributed by atoms with van der Waals surface area (Å²) in [5.74, 6) is 0.354. The lowest BCUT2D eigenvalue weighted by atomic mass is 9.98. The van der Waals surface area contributed by atoms with Crippen molar-refractivity contribution < 1.29 is 27.8 Å². The van der Waals surface area contributed by atoms with Crippen molar-refractivity contribution in [1.82, 2.24) is 15.0 Å². The highest BCUT2D eigenvalue weighted by molar-refractivity contribution is 7.89. The van der Waals surface area contributed by atoms with E-state index in [0.29, 0.717) is 31.6 Å². The van der Waals surface area contributed by atoms with Gasteiger partial charge in [0.25, 0.3) is 0 Å². The van der Waals surface area contributed by atoms with Crippen LogP contribution in [0.1, 0.15) is 24.8 Å². The SMILES string of the molecule is COc1cccc(S(=O)(=O)N[C@H]2CC[C@@H](CCNC(=O)Cc3ccncc3)O[C@@H]2CO)c1. The number of amides is 1. The number of pyridine rings is 1. The number of carbonyl (C=O) groups excluding carboxylic acids is 1. The third-order valence-electron chi connectivity index (χ3n) is 5.36. The van der Waals surface area contributed by atoms with Gasteiger partial charge in [-0.15, -0.1) is 0 Å². The van der Waals surface area contributed by atoms with E-state index in [4.69, 9.17) is 9.47 Å². The average Bonchev–Trinajstić information content (AvgIpc) is 2.80. The molecule has 174 valence electrons. The molecule has 1 amide bonds. The second kappa shape index (κ2) is 11.4. The number of aliphatic hydroxyl groups is 1. The summed E-state index contributed by atoms with van der Waals surface area (Å²) in [4.78, 5) is 16.1. The van der Waals surface area contributed by atoms with Gasteiger partial charge in [0, 0.05) is 25.0 Å². The first kappa shape index (κ1) is 24.1. The third-order valence-corrected chi connectivity index (χ3v) is 6.84. The van der Waals surface area contributed by atoms with Crippen LogP contribution >= 0.6 is 0 Å². The van der Waals surface area contributed by atoms with Crippen LogP contribution in [0.3, 0.4) is 0 Å². The van der Waals surface area contributed by atoms with Crippen molar-refractivity contribution >= 4 is 15.9 Å². The summed E-state index contributed by atoms with van der Waals surface area (Å²) in [6, 6.07) is 9.24. The summed E-state index contributed by atoms with van der Waals surface area (Å²) in [7, 11) is -2.32. The fraction of sp³-hybridized carbons (Fsp3) is 0.455. The van der Waals surface area contributed by atoms with E-state index in [2.05, 4.69) is 15.0 Å². The minimum atomic E-state index is -3.79. The van der Waals surface area contributed by atoms with E-state index in [9.17, 15) is 18.3 Å². The van der Waals surface area contributed by atoms with E-state index in [0.717, 1.165) is 5.56 Å². The Morgan fingerprint density at radius 3 is 2.75 bits per heavy atom. The Labute approximate surface area is 188 Å². The number of aromatic nitrogens is 1. The van der Waals surface area contributed by atoms with Gasteiger partial charge in [-0.05, 0) is 49.1 Å². The van der Waals surface area contributed by atoms with Crippen LogP contribution in [0.15, 0.2) is 53.7 Å². The number of aliphatic hydroxyl groups excluding tert-OH is 1. The van der Waals surface area contributed by atoms with Gasteiger partial charge >= 0.3 is 0 Å². The summed E-state index contributed by atoms with van der Waals surface area (Å²) in [5.41, 5.74) is 0.887. The maximum absolute atomic E-state index is 12.8. The fourth-order valence-electron chi connectivity index (χ4n) is 3.64. The molecule has 3 atom stereocenters. The van der Waals surface area contributed by atoms with Crippen LogP contribution in [-0.2, 0) is 26.0 Å². The van der Waals surface area contributed by atoms with Crippen LogP contribution < -0.4 is 14.8 Å². The smallest absolute Gasteiger partial charge is 0.241 e. The largest absolute Gasteiger partial charge is 0.497 e. The molecule has 10 heteroatoms. The molecule has 32 heavy (non-hydrogen) atoms. The van der Waals surface area contributed by atoms with Gasteiger partial charge in [0.2, 0.25) is 15.9 Å². The predicted octanol–water partition coefficient (Wildman–Crippen LogP) is 1.03. The zero-order chi connectivity index (χ0) is 23.0. The van der Waals surface area contributed by atoms with Gasteiger partial charge in [0.1, 0.15) is 5.75 Å². The van der Waals surface area contributed by atoms with Gasteiger partial charge < -0.3 is 19.9 Å². The van der Waals surface area contributed by atoms with Crippen LogP contribution in [0.25, 0.3) is 0 Å². The first-order valence-corrected chi connectivity index (χ1v) is 12.0. The van der Waals surface area contributed by atoms with Crippen LogP contribution in [0.2, 0.25) is 0 Å². The van der Waals surface area contributed by atoms with Crippen molar-refractivity contribution in [3.8, 4) is 5.75 Å². The molecule has 0 spiro atoms. The number of hydrogen-bond acceptors (Lipinski definition) is 7. The normalized spacial score (nSPS) is 21.1. The summed E-state index contributed by atoms with van der Waals surface area (Å²) in [6.07, 6.45) is 4.44. The number of benzene rings is 1. The molecular weight excluding hydrogens is 434 g/mol. The van der Waals surface area contributed by atoms with Crippen molar-refractivity contribution in [2.24, 2.45) is 0 Å². The first-order valence-electron chi connectivity index (χ1n) is 10.5. The zero-order valence-corrected chi connectivity index (χ0v) is 18.8. The van der Waals surface area contributed by atoms with Crippen molar-refractivity contribution in [3.63, 3.8) is 0 Å². The highest BCUT2D eigenvalue weighted by Gasteiger charge is 2.34. The lowest BCUT2D eigenvalue weighted by Gasteiger charge is -2.36. The van der Waals surface area contributed by atoms with Crippen LogP contribution in [-0.4, -0.2) is 62.9 Å². The van der Waals surface area contributed by atoms with Gasteiger partial charge in [0.05, 0.1) is 43.3 Å². The molecule has 1 fully saturated rings. The Hall–Kier alpha value is -2.53. The molecule has 2 heterocycles. The number of sulfonamides is 1. The molecular formula is C22H29N3O6S.